The van der Waals surface area contributed by atoms with Crippen LogP contribution in [-0.2, 0) is 10.0 Å². The Morgan fingerprint density at radius 1 is 1.10 bits per heavy atom. The van der Waals surface area contributed by atoms with Crippen molar-refractivity contribution in [3.05, 3.63) is 53.8 Å². The molecule has 1 N–H and O–H groups in total. The van der Waals surface area contributed by atoms with Crippen LogP contribution in [0.4, 0.5) is 4.39 Å². The van der Waals surface area contributed by atoms with Crippen LogP contribution in [0.5, 0.6) is 5.75 Å². The summed E-state index contributed by atoms with van der Waals surface area (Å²) >= 11 is 0. The molecule has 2 heterocycles. The number of rotatable bonds is 5. The predicted molar refractivity (Wildman–Crippen MR) is 113 cm³/mol. The monoisotopic (exact) mass is 444 g/mol. The fourth-order valence-electron chi connectivity index (χ4n) is 3.77. The first kappa shape index (κ1) is 21.2. The fraction of sp³-hybridized carbons (Fsp3) is 0.273. The number of piperidine rings is 1. The third kappa shape index (κ3) is 3.98. The smallest absolute Gasteiger partial charge is 0.336 e. The minimum Gasteiger partial charge on any atom is -0.494 e. The van der Waals surface area contributed by atoms with Crippen LogP contribution in [-0.4, -0.2) is 49.0 Å². The summed E-state index contributed by atoms with van der Waals surface area (Å²) in [6.07, 6.45) is 2.60. The molecule has 1 aliphatic heterocycles. The van der Waals surface area contributed by atoms with Gasteiger partial charge in [0.2, 0.25) is 10.0 Å². The van der Waals surface area contributed by atoms with Gasteiger partial charge in [-0.15, -0.1) is 0 Å². The lowest BCUT2D eigenvalue weighted by Crippen LogP contribution is -2.35. The highest BCUT2D eigenvalue weighted by Crippen LogP contribution is 2.30. The normalized spacial score (nSPS) is 15.2. The molecule has 1 aliphatic rings. The number of hydrogen-bond donors (Lipinski definition) is 1. The molecule has 0 saturated carbocycles. The minimum absolute atomic E-state index is 0.0365. The third-order valence-corrected chi connectivity index (χ3v) is 7.31. The first-order chi connectivity index (χ1) is 14.8. The van der Waals surface area contributed by atoms with E-state index >= 15 is 0 Å². The van der Waals surface area contributed by atoms with Gasteiger partial charge in [0.1, 0.15) is 0 Å². The molecule has 0 aliphatic carbocycles. The van der Waals surface area contributed by atoms with Crippen molar-refractivity contribution in [2.45, 2.75) is 24.2 Å². The molecule has 3 aromatic rings. The maximum absolute atomic E-state index is 14.1. The van der Waals surface area contributed by atoms with E-state index in [0.717, 1.165) is 19.3 Å². The Bertz CT molecular complexity index is 1270. The van der Waals surface area contributed by atoms with Crippen LogP contribution in [0, 0.1) is 5.82 Å². The maximum atomic E-state index is 14.1. The van der Waals surface area contributed by atoms with Gasteiger partial charge in [0.15, 0.2) is 11.6 Å². The Labute approximate surface area is 179 Å². The molecule has 0 atom stereocenters. The number of hydrogen-bond acceptors (Lipinski definition) is 5. The minimum atomic E-state index is -3.72. The zero-order valence-electron chi connectivity index (χ0n) is 16.8. The van der Waals surface area contributed by atoms with E-state index in [1.54, 1.807) is 6.07 Å². The van der Waals surface area contributed by atoms with Gasteiger partial charge in [0.25, 0.3) is 0 Å². The van der Waals surface area contributed by atoms with E-state index in [9.17, 15) is 22.7 Å². The Morgan fingerprint density at radius 3 is 2.48 bits per heavy atom. The zero-order valence-corrected chi connectivity index (χ0v) is 17.7. The van der Waals surface area contributed by atoms with Crippen molar-refractivity contribution in [3.63, 3.8) is 0 Å². The number of halogens is 1. The van der Waals surface area contributed by atoms with Gasteiger partial charge in [-0.3, -0.25) is 0 Å². The number of carboxylic acid groups (broad SMARTS) is 1. The quantitative estimate of drug-likeness (QED) is 0.641. The van der Waals surface area contributed by atoms with Gasteiger partial charge in [-0.1, -0.05) is 6.42 Å². The highest BCUT2D eigenvalue weighted by atomic mass is 32.2. The fourth-order valence-corrected chi connectivity index (χ4v) is 5.31. The van der Waals surface area contributed by atoms with Crippen LogP contribution in [0.15, 0.2) is 47.4 Å². The van der Waals surface area contributed by atoms with Crippen molar-refractivity contribution < 1.29 is 27.4 Å². The number of benzene rings is 2. The number of carboxylic acids is 1. The molecular weight excluding hydrogens is 423 g/mol. The number of fused-ring (bicyclic) bond motifs is 1. The third-order valence-electron chi connectivity index (χ3n) is 5.41. The molecule has 1 saturated heterocycles. The van der Waals surface area contributed by atoms with E-state index in [4.69, 9.17) is 4.74 Å². The lowest BCUT2D eigenvalue weighted by atomic mass is 10.0. The molecule has 7 nitrogen and oxygen atoms in total. The Morgan fingerprint density at radius 2 is 1.84 bits per heavy atom. The molecule has 0 bridgehead atoms. The number of aromatic nitrogens is 1. The summed E-state index contributed by atoms with van der Waals surface area (Å²) in [6, 6.07) is 9.83. The lowest BCUT2D eigenvalue weighted by Gasteiger charge is -2.26. The van der Waals surface area contributed by atoms with Crippen molar-refractivity contribution in [2.75, 3.05) is 20.2 Å². The number of carbonyl (C=O) groups is 1. The van der Waals surface area contributed by atoms with Crippen molar-refractivity contribution in [1.29, 1.82) is 0 Å². The number of nitrogens with zero attached hydrogens (tertiary/aromatic N) is 2. The highest BCUT2D eigenvalue weighted by molar-refractivity contribution is 7.89. The first-order valence-corrected chi connectivity index (χ1v) is 11.3. The summed E-state index contributed by atoms with van der Waals surface area (Å²) in [4.78, 5) is 16.4. The van der Waals surface area contributed by atoms with Gasteiger partial charge in [-0.05, 0) is 55.3 Å². The summed E-state index contributed by atoms with van der Waals surface area (Å²) in [7, 11) is -2.37. The molecule has 0 radical (unpaired) electrons. The molecule has 1 fully saturated rings. The number of sulfonamides is 1. The van der Waals surface area contributed by atoms with E-state index < -0.39 is 21.8 Å². The standard InChI is InChI=1S/C22H21FN2O5S/c1-30-21-8-5-14(11-18(21)23)20-13-17(22(26)27)16-12-15(6-7-19(16)24-20)31(28,29)25-9-3-2-4-10-25/h5-8,11-13H,2-4,9-10H2,1H3,(H,26,27). The second kappa shape index (κ2) is 8.24. The second-order valence-corrected chi connectivity index (χ2v) is 9.29. The topological polar surface area (TPSA) is 96.8 Å². The molecule has 9 heteroatoms. The van der Waals surface area contributed by atoms with Crippen LogP contribution in [0.2, 0.25) is 0 Å². The van der Waals surface area contributed by atoms with Crippen LogP contribution in [0.25, 0.3) is 22.2 Å². The average molecular weight is 444 g/mol. The molecule has 2 aromatic carbocycles. The summed E-state index contributed by atoms with van der Waals surface area (Å²) in [6.45, 7) is 0.902. The van der Waals surface area contributed by atoms with E-state index in [-0.39, 0.29) is 27.3 Å². The van der Waals surface area contributed by atoms with Crippen LogP contribution in [0.1, 0.15) is 29.6 Å². The number of methoxy groups -OCH3 is 1. The van der Waals surface area contributed by atoms with Crippen molar-refractivity contribution in [2.24, 2.45) is 0 Å². The van der Waals surface area contributed by atoms with Gasteiger partial charge in [-0.2, -0.15) is 4.31 Å². The van der Waals surface area contributed by atoms with E-state index in [1.165, 1.54) is 47.8 Å². The van der Waals surface area contributed by atoms with Gasteiger partial charge in [0.05, 0.1) is 28.8 Å². The Kier molecular flexibility index (Phi) is 5.63. The van der Waals surface area contributed by atoms with Gasteiger partial charge >= 0.3 is 5.97 Å². The lowest BCUT2D eigenvalue weighted by molar-refractivity contribution is 0.0699. The second-order valence-electron chi connectivity index (χ2n) is 7.35. The molecule has 31 heavy (non-hydrogen) atoms. The van der Waals surface area contributed by atoms with E-state index in [0.29, 0.717) is 24.2 Å². The first-order valence-electron chi connectivity index (χ1n) is 9.83. The molecule has 0 spiro atoms. The van der Waals surface area contributed by atoms with Gasteiger partial charge in [-0.25, -0.2) is 22.6 Å². The van der Waals surface area contributed by atoms with Crippen molar-refractivity contribution >= 4 is 26.9 Å². The molecule has 1 aromatic heterocycles. The number of ether oxygens (including phenoxy) is 1. The van der Waals surface area contributed by atoms with Crippen LogP contribution >= 0.6 is 0 Å². The summed E-state index contributed by atoms with van der Waals surface area (Å²) in [5.74, 6) is -1.76. The predicted octanol–water partition coefficient (Wildman–Crippen LogP) is 3.92. The number of pyridine rings is 1. The molecule has 162 valence electrons. The average Bonchev–Trinajstić information content (AvgIpc) is 2.78. The SMILES string of the molecule is COc1ccc(-c2cc(C(=O)O)c3cc(S(=O)(=O)N4CCCCC4)ccc3n2)cc1F. The van der Waals surface area contributed by atoms with Gasteiger partial charge in [0, 0.05) is 24.0 Å². The summed E-state index contributed by atoms with van der Waals surface area (Å²) < 4.78 is 46.5. The molecular formula is C22H21FN2O5S. The summed E-state index contributed by atoms with van der Waals surface area (Å²) in [5, 5.41) is 9.96. The van der Waals surface area contributed by atoms with Crippen molar-refractivity contribution in [1.82, 2.24) is 9.29 Å². The van der Waals surface area contributed by atoms with Crippen LogP contribution < -0.4 is 4.74 Å². The van der Waals surface area contributed by atoms with Crippen LogP contribution in [0.3, 0.4) is 0 Å². The van der Waals surface area contributed by atoms with E-state index in [2.05, 4.69) is 4.98 Å². The van der Waals surface area contributed by atoms with E-state index in [1.807, 2.05) is 0 Å². The number of aromatic carboxylic acids is 1. The molecule has 4 rings (SSSR count). The largest absolute Gasteiger partial charge is 0.494 e. The molecule has 0 amide bonds. The molecule has 0 unspecified atom stereocenters. The Hall–Kier alpha value is -3.04. The highest BCUT2D eigenvalue weighted by Gasteiger charge is 2.27. The maximum Gasteiger partial charge on any atom is 0.336 e. The summed E-state index contributed by atoms with van der Waals surface area (Å²) in [5.41, 5.74) is 0.849. The zero-order chi connectivity index (χ0) is 22.2. The van der Waals surface area contributed by atoms with Gasteiger partial charge < -0.3 is 9.84 Å². The Balaban J connectivity index is 1.83. The van der Waals surface area contributed by atoms with Crippen molar-refractivity contribution in [3.8, 4) is 17.0 Å².